The second kappa shape index (κ2) is 16.5. The van der Waals surface area contributed by atoms with Gasteiger partial charge < -0.3 is 22.1 Å². The molecule has 0 amide bonds. The molecule has 0 saturated heterocycles. The summed E-state index contributed by atoms with van der Waals surface area (Å²) in [6, 6.07) is 15.3. The van der Waals surface area contributed by atoms with Crippen molar-refractivity contribution in [2.45, 2.75) is 39.8 Å². The van der Waals surface area contributed by atoms with Gasteiger partial charge in [-0.1, -0.05) is 23.2 Å². The van der Waals surface area contributed by atoms with Gasteiger partial charge in [0.1, 0.15) is 23.7 Å². The molecular formula is C42H36Cl2N14. The molecule has 0 spiro atoms. The largest absolute Gasteiger partial charge is 0.397 e. The molecule has 14 nitrogen and oxygen atoms in total. The Bertz CT molecular complexity index is 2710. The van der Waals surface area contributed by atoms with Gasteiger partial charge in [0.15, 0.2) is 0 Å². The molecule has 0 radical (unpaired) electrons. The molecule has 0 saturated carbocycles. The number of hydrogen-bond donors (Lipinski definition) is 4. The average molecular weight is 808 g/mol. The van der Waals surface area contributed by atoms with Gasteiger partial charge >= 0.3 is 0 Å². The molecule has 8 rings (SSSR count). The first-order chi connectivity index (χ1) is 27.9. The smallest absolute Gasteiger partial charge is 0.135 e. The summed E-state index contributed by atoms with van der Waals surface area (Å²) in [4.78, 5) is 17.3. The number of fused-ring (bicyclic) bond motifs is 2. The predicted molar refractivity (Wildman–Crippen MR) is 230 cm³/mol. The Morgan fingerprint density at radius 3 is 1.41 bits per heavy atom. The highest BCUT2D eigenvalue weighted by molar-refractivity contribution is 6.38. The molecular weight excluding hydrogens is 771 g/mol. The molecule has 0 bridgehead atoms. The number of anilines is 6. The Kier molecular flexibility index (Phi) is 11.1. The first-order valence-corrected chi connectivity index (χ1v) is 18.7. The van der Waals surface area contributed by atoms with E-state index < -0.39 is 0 Å². The fourth-order valence-electron chi connectivity index (χ4n) is 6.26. The summed E-state index contributed by atoms with van der Waals surface area (Å²) in [6.45, 7) is 7.57. The molecule has 58 heavy (non-hydrogen) atoms. The van der Waals surface area contributed by atoms with Crippen molar-refractivity contribution in [3.63, 3.8) is 0 Å². The molecule has 0 aliphatic carbocycles. The number of aromatic nitrogens is 8. The standard InChI is InChI=1S/2C21H18ClN7/c2*1-12-3-4-25-9-17(12)16-5-14-6-19(26-10-18(14)21(24)20(16)22)28-15-8-27-29(11-15)13(2)7-23/h2*3-6,8-11,13H,24H2,1-2H3,(H,26,28)/t2*13-/m10/s1. The first-order valence-electron chi connectivity index (χ1n) is 17.9. The Morgan fingerprint density at radius 1 is 0.621 bits per heavy atom. The Hall–Kier alpha value is -7.26. The Balaban J connectivity index is 0.000000177. The van der Waals surface area contributed by atoms with Crippen molar-refractivity contribution in [2.24, 2.45) is 0 Å². The van der Waals surface area contributed by atoms with E-state index in [0.717, 1.165) is 66.3 Å². The predicted octanol–water partition coefficient (Wildman–Crippen LogP) is 9.73. The van der Waals surface area contributed by atoms with Gasteiger partial charge in [0.2, 0.25) is 0 Å². The van der Waals surface area contributed by atoms with Gasteiger partial charge in [0.25, 0.3) is 0 Å². The Labute approximate surface area is 343 Å². The van der Waals surface area contributed by atoms with Gasteiger partial charge in [-0.2, -0.15) is 20.7 Å². The van der Waals surface area contributed by atoms with Crippen LogP contribution in [0.4, 0.5) is 34.4 Å². The third-order valence-corrected chi connectivity index (χ3v) is 10.4. The average Bonchev–Trinajstić information content (AvgIpc) is 3.91. The molecule has 8 aromatic rings. The zero-order valence-corrected chi connectivity index (χ0v) is 33.3. The van der Waals surface area contributed by atoms with Crippen LogP contribution in [0.2, 0.25) is 10.0 Å². The van der Waals surface area contributed by atoms with Crippen LogP contribution in [-0.4, -0.2) is 39.5 Å². The summed E-state index contributed by atoms with van der Waals surface area (Å²) in [6.07, 6.45) is 17.3. The quantitative estimate of drug-likeness (QED) is 0.106. The molecule has 6 N–H and O–H groups in total. The fraction of sp³-hybridized carbons (Fsp3) is 0.143. The van der Waals surface area contributed by atoms with Crippen LogP contribution in [-0.2, 0) is 0 Å². The highest BCUT2D eigenvalue weighted by atomic mass is 35.5. The number of nitrogens with one attached hydrogen (secondary N) is 2. The number of aryl methyl sites for hydroxylation is 2. The lowest BCUT2D eigenvalue weighted by Gasteiger charge is -2.13. The van der Waals surface area contributed by atoms with E-state index in [-0.39, 0.29) is 12.1 Å². The van der Waals surface area contributed by atoms with Crippen LogP contribution in [0, 0.1) is 36.5 Å². The zero-order chi connectivity index (χ0) is 41.1. The second-order valence-corrected chi connectivity index (χ2v) is 14.3. The van der Waals surface area contributed by atoms with Crippen LogP contribution in [0.1, 0.15) is 37.1 Å². The molecule has 6 aromatic heterocycles. The fourth-order valence-corrected chi connectivity index (χ4v) is 6.77. The van der Waals surface area contributed by atoms with E-state index in [0.29, 0.717) is 33.1 Å². The molecule has 0 fully saturated rings. The van der Waals surface area contributed by atoms with Crippen molar-refractivity contribution < 1.29 is 0 Å². The first kappa shape index (κ1) is 39.0. The Morgan fingerprint density at radius 2 is 1.03 bits per heavy atom. The van der Waals surface area contributed by atoms with E-state index in [1.54, 1.807) is 85.2 Å². The molecule has 16 heteroatoms. The van der Waals surface area contributed by atoms with Crippen LogP contribution in [0.15, 0.2) is 98.4 Å². The van der Waals surface area contributed by atoms with Crippen molar-refractivity contribution in [3.8, 4) is 34.4 Å². The maximum atomic E-state index is 9.02. The van der Waals surface area contributed by atoms with E-state index in [9.17, 15) is 0 Å². The van der Waals surface area contributed by atoms with Gasteiger partial charge in [-0.15, -0.1) is 0 Å². The SMILES string of the molecule is Cc1ccncc1-c1cc2cc(Nc3cnn([C@@H](C)C#N)c3)ncc2c(N)c1Cl.Cc1ccncc1-c1cc2cc(Nc3cnn([C@H](C)C#N)c3)ncc2c(N)c1Cl. The van der Waals surface area contributed by atoms with Gasteiger partial charge in [-0.3, -0.25) is 19.3 Å². The van der Waals surface area contributed by atoms with E-state index >= 15 is 0 Å². The minimum atomic E-state index is -0.345. The van der Waals surface area contributed by atoms with Crippen LogP contribution < -0.4 is 22.1 Å². The van der Waals surface area contributed by atoms with E-state index in [4.69, 9.17) is 45.2 Å². The molecule has 2 aromatic carbocycles. The highest BCUT2D eigenvalue weighted by Crippen LogP contribution is 2.41. The molecule has 6 heterocycles. The van der Waals surface area contributed by atoms with E-state index in [1.807, 2.05) is 50.2 Å². The molecule has 0 unspecified atom stereocenters. The number of rotatable bonds is 8. The monoisotopic (exact) mass is 806 g/mol. The number of nitriles is 2. The lowest BCUT2D eigenvalue weighted by Crippen LogP contribution is -2.02. The number of nitrogens with two attached hydrogens (primary N) is 2. The van der Waals surface area contributed by atoms with Crippen LogP contribution in [0.3, 0.4) is 0 Å². The maximum Gasteiger partial charge on any atom is 0.135 e. The van der Waals surface area contributed by atoms with Crippen LogP contribution in [0.25, 0.3) is 43.8 Å². The summed E-state index contributed by atoms with van der Waals surface area (Å²) in [5.41, 5.74) is 20.7. The number of pyridine rings is 4. The topological polar surface area (TPSA) is 211 Å². The number of nitrogens with zero attached hydrogens (tertiary/aromatic N) is 10. The number of hydrogen-bond acceptors (Lipinski definition) is 12. The van der Waals surface area contributed by atoms with Crippen molar-refractivity contribution in [2.75, 3.05) is 22.1 Å². The third kappa shape index (κ3) is 7.88. The molecule has 288 valence electrons. The molecule has 0 aliphatic rings. The van der Waals surface area contributed by atoms with E-state index in [2.05, 4.69) is 52.9 Å². The normalized spacial score (nSPS) is 11.9. The number of benzene rings is 2. The van der Waals surface area contributed by atoms with Gasteiger partial charge in [0, 0.05) is 82.6 Å². The summed E-state index contributed by atoms with van der Waals surface area (Å²) in [5, 5.41) is 37.2. The van der Waals surface area contributed by atoms with Crippen molar-refractivity contribution in [1.29, 1.82) is 10.5 Å². The maximum absolute atomic E-state index is 9.02. The summed E-state index contributed by atoms with van der Waals surface area (Å²) in [7, 11) is 0. The lowest BCUT2D eigenvalue weighted by molar-refractivity contribution is 0.591. The number of nitrogen functional groups attached to an aromatic ring is 2. The van der Waals surface area contributed by atoms with Crippen molar-refractivity contribution >= 4 is 79.1 Å². The second-order valence-electron chi connectivity index (χ2n) is 13.5. The van der Waals surface area contributed by atoms with Crippen LogP contribution >= 0.6 is 23.2 Å². The highest BCUT2D eigenvalue weighted by Gasteiger charge is 2.16. The van der Waals surface area contributed by atoms with Crippen molar-refractivity contribution in [3.05, 3.63) is 120 Å². The van der Waals surface area contributed by atoms with Gasteiger partial charge in [-0.05, 0) is 86.0 Å². The molecule has 2 atom stereocenters. The van der Waals surface area contributed by atoms with Crippen molar-refractivity contribution in [1.82, 2.24) is 39.5 Å². The minimum Gasteiger partial charge on any atom is -0.397 e. The van der Waals surface area contributed by atoms with Gasteiger partial charge in [0.05, 0.1) is 57.3 Å². The van der Waals surface area contributed by atoms with Crippen LogP contribution in [0.5, 0.6) is 0 Å². The summed E-state index contributed by atoms with van der Waals surface area (Å²) in [5.74, 6) is 1.27. The van der Waals surface area contributed by atoms with E-state index in [1.165, 1.54) is 0 Å². The summed E-state index contributed by atoms with van der Waals surface area (Å²) < 4.78 is 3.18. The zero-order valence-electron chi connectivity index (χ0n) is 31.8. The summed E-state index contributed by atoms with van der Waals surface area (Å²) >= 11 is 13.1. The minimum absolute atomic E-state index is 0.345. The third-order valence-electron chi connectivity index (χ3n) is 9.57. The molecule has 0 aliphatic heterocycles. The lowest BCUT2D eigenvalue weighted by atomic mass is 9.99. The number of halogens is 2. The van der Waals surface area contributed by atoms with Gasteiger partial charge in [-0.25, -0.2) is 9.97 Å².